The van der Waals surface area contributed by atoms with Crippen molar-refractivity contribution in [3.05, 3.63) is 60.0 Å². The number of aromatic amines is 1. The van der Waals surface area contributed by atoms with Crippen molar-refractivity contribution in [2.24, 2.45) is 0 Å². The number of hydrogen-bond acceptors (Lipinski definition) is 3. The van der Waals surface area contributed by atoms with Crippen LogP contribution in [0.4, 0.5) is 0 Å². The van der Waals surface area contributed by atoms with Gasteiger partial charge in [0, 0.05) is 47.9 Å². The van der Waals surface area contributed by atoms with E-state index in [0.29, 0.717) is 12.3 Å². The zero-order valence-electron chi connectivity index (χ0n) is 12.7. The first kappa shape index (κ1) is 13.8. The highest BCUT2D eigenvalue weighted by Crippen LogP contribution is 2.27. The number of nitrogens with zero attached hydrogens (tertiary/aromatic N) is 2. The summed E-state index contributed by atoms with van der Waals surface area (Å²) in [7, 11) is 0. The third-order valence-corrected chi connectivity index (χ3v) is 4.23. The lowest BCUT2D eigenvalue weighted by molar-refractivity contribution is -0.134. The standard InChI is InChI=1S/C18H17N3O2/c22-18(12-23-13-4-3-8-19-10-13)21-9-7-17-15(11-21)14-5-1-2-6-16(14)20-17/h1-6,8,10,20H,7,9,11-12H2. The van der Waals surface area contributed by atoms with Crippen LogP contribution in [0.25, 0.3) is 10.9 Å². The first-order chi connectivity index (χ1) is 11.3. The second-order valence-electron chi connectivity index (χ2n) is 5.67. The Labute approximate surface area is 133 Å². The van der Waals surface area contributed by atoms with Crippen molar-refractivity contribution in [3.63, 3.8) is 0 Å². The Hall–Kier alpha value is -2.82. The van der Waals surface area contributed by atoms with Gasteiger partial charge in [0.15, 0.2) is 6.61 Å². The fraction of sp³-hybridized carbons (Fsp3) is 0.222. The van der Waals surface area contributed by atoms with Crippen LogP contribution in [0.2, 0.25) is 0 Å². The van der Waals surface area contributed by atoms with Crippen molar-refractivity contribution in [3.8, 4) is 5.75 Å². The summed E-state index contributed by atoms with van der Waals surface area (Å²) in [5.41, 5.74) is 3.60. The molecular weight excluding hydrogens is 290 g/mol. The van der Waals surface area contributed by atoms with E-state index in [1.54, 1.807) is 24.5 Å². The summed E-state index contributed by atoms with van der Waals surface area (Å²) < 4.78 is 5.52. The smallest absolute Gasteiger partial charge is 0.260 e. The molecule has 116 valence electrons. The molecule has 0 fully saturated rings. The first-order valence-electron chi connectivity index (χ1n) is 7.70. The monoisotopic (exact) mass is 307 g/mol. The highest BCUT2D eigenvalue weighted by atomic mass is 16.5. The highest BCUT2D eigenvalue weighted by Gasteiger charge is 2.24. The lowest BCUT2D eigenvalue weighted by Crippen LogP contribution is -2.38. The number of aromatic nitrogens is 2. The van der Waals surface area contributed by atoms with Gasteiger partial charge in [-0.3, -0.25) is 9.78 Å². The van der Waals surface area contributed by atoms with Crippen molar-refractivity contribution in [1.29, 1.82) is 0 Å². The number of rotatable bonds is 3. The van der Waals surface area contributed by atoms with Crippen LogP contribution in [-0.2, 0) is 17.8 Å². The molecule has 0 spiro atoms. The Morgan fingerprint density at radius 3 is 3.04 bits per heavy atom. The van der Waals surface area contributed by atoms with E-state index in [-0.39, 0.29) is 12.5 Å². The Kier molecular flexibility index (Phi) is 3.46. The summed E-state index contributed by atoms with van der Waals surface area (Å²) in [6.07, 6.45) is 4.14. The molecule has 3 heterocycles. The van der Waals surface area contributed by atoms with Gasteiger partial charge in [-0.1, -0.05) is 18.2 Å². The van der Waals surface area contributed by atoms with Gasteiger partial charge in [0.25, 0.3) is 5.91 Å². The average molecular weight is 307 g/mol. The second kappa shape index (κ2) is 5.76. The molecule has 0 unspecified atom stereocenters. The largest absolute Gasteiger partial charge is 0.482 e. The Morgan fingerprint density at radius 1 is 1.26 bits per heavy atom. The molecule has 0 saturated heterocycles. The van der Waals surface area contributed by atoms with E-state index in [1.807, 2.05) is 17.0 Å². The van der Waals surface area contributed by atoms with Crippen molar-refractivity contribution >= 4 is 16.8 Å². The second-order valence-corrected chi connectivity index (χ2v) is 5.67. The lowest BCUT2D eigenvalue weighted by atomic mass is 10.0. The molecule has 0 saturated carbocycles. The lowest BCUT2D eigenvalue weighted by Gasteiger charge is -2.27. The van der Waals surface area contributed by atoms with Crippen LogP contribution in [0.1, 0.15) is 11.3 Å². The van der Waals surface area contributed by atoms with E-state index in [1.165, 1.54) is 16.6 Å². The van der Waals surface area contributed by atoms with E-state index in [2.05, 4.69) is 22.1 Å². The molecule has 1 amide bonds. The normalized spacial score (nSPS) is 13.8. The number of H-pyrrole nitrogens is 1. The van der Waals surface area contributed by atoms with Gasteiger partial charge in [-0.25, -0.2) is 0 Å². The number of hydrogen-bond donors (Lipinski definition) is 1. The fourth-order valence-corrected chi connectivity index (χ4v) is 3.05. The quantitative estimate of drug-likeness (QED) is 0.809. The zero-order valence-corrected chi connectivity index (χ0v) is 12.7. The van der Waals surface area contributed by atoms with E-state index in [9.17, 15) is 4.79 Å². The van der Waals surface area contributed by atoms with Gasteiger partial charge in [-0.05, 0) is 18.2 Å². The number of ether oxygens (including phenoxy) is 1. The van der Waals surface area contributed by atoms with Crippen LogP contribution in [0, 0.1) is 0 Å². The maximum atomic E-state index is 12.4. The van der Waals surface area contributed by atoms with Crippen LogP contribution in [0.3, 0.4) is 0 Å². The van der Waals surface area contributed by atoms with Gasteiger partial charge in [0.05, 0.1) is 6.20 Å². The third-order valence-electron chi connectivity index (χ3n) is 4.23. The summed E-state index contributed by atoms with van der Waals surface area (Å²) in [6.45, 7) is 1.40. The molecule has 0 bridgehead atoms. The fourth-order valence-electron chi connectivity index (χ4n) is 3.05. The third kappa shape index (κ3) is 2.65. The highest BCUT2D eigenvalue weighted by molar-refractivity contribution is 5.86. The molecule has 1 aromatic carbocycles. The molecule has 4 rings (SSSR count). The van der Waals surface area contributed by atoms with E-state index >= 15 is 0 Å². The van der Waals surface area contributed by atoms with Gasteiger partial charge >= 0.3 is 0 Å². The minimum Gasteiger partial charge on any atom is -0.482 e. The van der Waals surface area contributed by atoms with Gasteiger partial charge < -0.3 is 14.6 Å². The summed E-state index contributed by atoms with van der Waals surface area (Å²) in [6, 6.07) is 11.8. The first-order valence-corrected chi connectivity index (χ1v) is 7.70. The number of nitrogens with one attached hydrogen (secondary N) is 1. The van der Waals surface area contributed by atoms with Crippen molar-refractivity contribution in [1.82, 2.24) is 14.9 Å². The average Bonchev–Trinajstić information content (AvgIpc) is 2.98. The van der Waals surface area contributed by atoms with Crippen LogP contribution in [-0.4, -0.2) is 33.9 Å². The molecule has 0 aliphatic carbocycles. The molecule has 0 radical (unpaired) electrons. The summed E-state index contributed by atoms with van der Waals surface area (Å²) in [4.78, 5) is 21.7. The Bertz CT molecular complexity index is 842. The predicted molar refractivity (Wildman–Crippen MR) is 87.2 cm³/mol. The summed E-state index contributed by atoms with van der Waals surface area (Å²) >= 11 is 0. The molecule has 5 nitrogen and oxygen atoms in total. The van der Waals surface area contributed by atoms with Crippen LogP contribution >= 0.6 is 0 Å². The van der Waals surface area contributed by atoms with Gasteiger partial charge in [0.2, 0.25) is 0 Å². The molecule has 1 N–H and O–H groups in total. The predicted octanol–water partition coefficient (Wildman–Crippen LogP) is 2.53. The molecule has 23 heavy (non-hydrogen) atoms. The van der Waals surface area contributed by atoms with E-state index in [0.717, 1.165) is 18.5 Å². The number of benzene rings is 1. The molecule has 1 aliphatic rings. The van der Waals surface area contributed by atoms with Gasteiger partial charge in [0.1, 0.15) is 5.75 Å². The number of para-hydroxylation sites is 1. The molecule has 3 aromatic rings. The maximum Gasteiger partial charge on any atom is 0.260 e. The summed E-state index contributed by atoms with van der Waals surface area (Å²) in [5, 5.41) is 1.20. The van der Waals surface area contributed by atoms with Gasteiger partial charge in [-0.15, -0.1) is 0 Å². The van der Waals surface area contributed by atoms with E-state index < -0.39 is 0 Å². The number of amides is 1. The molecular formula is C18H17N3O2. The minimum atomic E-state index is 0.00443. The van der Waals surface area contributed by atoms with Gasteiger partial charge in [-0.2, -0.15) is 0 Å². The topological polar surface area (TPSA) is 58.2 Å². The minimum absolute atomic E-state index is 0.00443. The Morgan fingerprint density at radius 2 is 2.17 bits per heavy atom. The number of fused-ring (bicyclic) bond motifs is 3. The Balaban J connectivity index is 1.48. The van der Waals surface area contributed by atoms with Crippen molar-refractivity contribution < 1.29 is 9.53 Å². The van der Waals surface area contributed by atoms with Crippen LogP contribution < -0.4 is 4.74 Å². The van der Waals surface area contributed by atoms with Crippen molar-refractivity contribution in [2.75, 3.05) is 13.2 Å². The maximum absolute atomic E-state index is 12.4. The van der Waals surface area contributed by atoms with Crippen LogP contribution in [0.15, 0.2) is 48.8 Å². The molecule has 5 heteroatoms. The molecule has 1 aliphatic heterocycles. The molecule has 0 atom stereocenters. The van der Waals surface area contributed by atoms with E-state index in [4.69, 9.17) is 4.74 Å². The van der Waals surface area contributed by atoms with Crippen molar-refractivity contribution in [2.45, 2.75) is 13.0 Å². The summed E-state index contributed by atoms with van der Waals surface area (Å²) in [5.74, 6) is 0.621. The SMILES string of the molecule is O=C(COc1cccnc1)N1CCc2[nH]c3ccccc3c2C1. The zero-order chi connectivity index (χ0) is 15.6. The van der Waals surface area contributed by atoms with Crippen LogP contribution in [0.5, 0.6) is 5.75 Å². The number of carbonyl (C=O) groups is 1. The number of carbonyl (C=O) groups excluding carboxylic acids is 1. The number of pyridine rings is 1. The molecule has 2 aromatic heterocycles.